The zero-order chi connectivity index (χ0) is 23.6. The van der Waals surface area contributed by atoms with E-state index < -0.39 is 17.4 Å². The van der Waals surface area contributed by atoms with Crippen LogP contribution in [0.5, 0.6) is 0 Å². The Morgan fingerprint density at radius 2 is 1.97 bits per heavy atom. The molecular weight excluding hydrogens is 427 g/mol. The van der Waals surface area contributed by atoms with E-state index in [0.717, 1.165) is 0 Å². The van der Waals surface area contributed by atoms with Crippen LogP contribution in [0, 0.1) is 11.3 Å². The van der Waals surface area contributed by atoms with Crippen LogP contribution >= 0.6 is 0 Å². The lowest BCUT2D eigenvalue weighted by atomic mass is 9.95. The second kappa shape index (κ2) is 8.58. The van der Waals surface area contributed by atoms with E-state index in [1.54, 1.807) is 51.2 Å². The van der Waals surface area contributed by atoms with Gasteiger partial charge in [-0.05, 0) is 57.9 Å². The van der Waals surface area contributed by atoms with E-state index in [4.69, 9.17) is 14.4 Å². The number of aromatic nitrogens is 4. The summed E-state index contributed by atoms with van der Waals surface area (Å²) in [5, 5.41) is 17.0. The van der Waals surface area contributed by atoms with Crippen molar-refractivity contribution < 1.29 is 18.3 Å². The number of likely N-dealkylation sites (tertiary alicyclic amines) is 1. The van der Waals surface area contributed by atoms with Crippen molar-refractivity contribution in [1.29, 1.82) is 5.26 Å². The van der Waals surface area contributed by atoms with Crippen molar-refractivity contribution in [2.75, 3.05) is 13.1 Å². The summed E-state index contributed by atoms with van der Waals surface area (Å²) < 4.78 is 26.9. The Labute approximate surface area is 190 Å². The lowest BCUT2D eigenvalue weighted by Gasteiger charge is -2.36. The van der Waals surface area contributed by atoms with E-state index in [2.05, 4.69) is 20.2 Å². The van der Waals surface area contributed by atoms with Crippen molar-refractivity contribution in [3.8, 4) is 28.8 Å². The molecule has 1 aliphatic heterocycles. The molecule has 1 atom stereocenters. The summed E-state index contributed by atoms with van der Waals surface area (Å²) in [5.74, 6) is -0.0468. The number of pyridine rings is 2. The van der Waals surface area contributed by atoms with Crippen LogP contribution in [-0.4, -0.2) is 49.8 Å². The zero-order valence-electron chi connectivity index (χ0n) is 18.6. The maximum atomic E-state index is 15.8. The molecule has 33 heavy (non-hydrogen) atoms. The van der Waals surface area contributed by atoms with Gasteiger partial charge in [0.2, 0.25) is 11.6 Å². The first-order chi connectivity index (χ1) is 15.7. The number of hydrogen-bond donors (Lipinski definition) is 0. The number of hydrogen-bond acceptors (Lipinski definition) is 8. The van der Waals surface area contributed by atoms with Crippen LogP contribution in [0.25, 0.3) is 22.7 Å². The van der Waals surface area contributed by atoms with Crippen LogP contribution in [0.4, 0.5) is 9.18 Å². The number of alkyl halides is 1. The summed E-state index contributed by atoms with van der Waals surface area (Å²) in [7, 11) is 0. The molecule has 0 aromatic carbocycles. The summed E-state index contributed by atoms with van der Waals surface area (Å²) in [6.07, 6.45) is 3.12. The predicted octanol–water partition coefficient (Wildman–Crippen LogP) is 4.26. The summed E-state index contributed by atoms with van der Waals surface area (Å²) >= 11 is 0. The molecule has 1 aliphatic rings. The minimum Gasteiger partial charge on any atom is -0.444 e. The SMILES string of the molecule is CC(C)(C)OC(=O)N1CCC[C@](F)(c2nnc(-c3ccnc(-c4ccnc(C#N)c4)c3)o2)C1. The Morgan fingerprint density at radius 1 is 1.21 bits per heavy atom. The van der Waals surface area contributed by atoms with E-state index in [0.29, 0.717) is 29.8 Å². The molecule has 0 N–H and O–H groups in total. The van der Waals surface area contributed by atoms with Crippen LogP contribution in [0.1, 0.15) is 45.2 Å². The van der Waals surface area contributed by atoms with Gasteiger partial charge in [0.25, 0.3) is 5.89 Å². The highest BCUT2D eigenvalue weighted by atomic mass is 19.1. The lowest BCUT2D eigenvalue weighted by Crippen LogP contribution is -2.48. The fourth-order valence-electron chi connectivity index (χ4n) is 3.56. The maximum Gasteiger partial charge on any atom is 0.410 e. The molecule has 10 heteroatoms. The highest BCUT2D eigenvalue weighted by Crippen LogP contribution is 2.36. The highest BCUT2D eigenvalue weighted by Gasteiger charge is 2.44. The molecule has 0 radical (unpaired) electrons. The van der Waals surface area contributed by atoms with Crippen molar-refractivity contribution in [3.05, 3.63) is 48.2 Å². The summed E-state index contributed by atoms with van der Waals surface area (Å²) in [4.78, 5) is 22.0. The number of halogens is 1. The smallest absolute Gasteiger partial charge is 0.410 e. The molecule has 170 valence electrons. The van der Waals surface area contributed by atoms with Crippen LogP contribution in [0.3, 0.4) is 0 Å². The number of nitrogens with zero attached hydrogens (tertiary/aromatic N) is 6. The largest absolute Gasteiger partial charge is 0.444 e. The first-order valence-corrected chi connectivity index (χ1v) is 10.5. The fourth-order valence-corrected chi connectivity index (χ4v) is 3.56. The highest BCUT2D eigenvalue weighted by molar-refractivity contribution is 5.68. The van der Waals surface area contributed by atoms with Crippen molar-refractivity contribution in [1.82, 2.24) is 25.1 Å². The van der Waals surface area contributed by atoms with E-state index in [-0.39, 0.29) is 30.4 Å². The number of ether oxygens (including phenoxy) is 1. The van der Waals surface area contributed by atoms with Crippen molar-refractivity contribution in [2.45, 2.75) is 44.9 Å². The molecule has 3 aromatic rings. The van der Waals surface area contributed by atoms with Gasteiger partial charge < -0.3 is 14.1 Å². The van der Waals surface area contributed by atoms with Gasteiger partial charge in [-0.2, -0.15) is 5.26 Å². The first-order valence-electron chi connectivity index (χ1n) is 10.5. The van der Waals surface area contributed by atoms with Gasteiger partial charge in [-0.15, -0.1) is 10.2 Å². The van der Waals surface area contributed by atoms with Crippen LogP contribution in [0.15, 0.2) is 41.1 Å². The molecule has 0 aliphatic carbocycles. The van der Waals surface area contributed by atoms with E-state index in [1.807, 2.05) is 6.07 Å². The van der Waals surface area contributed by atoms with Crippen LogP contribution < -0.4 is 0 Å². The Morgan fingerprint density at radius 3 is 2.73 bits per heavy atom. The number of rotatable bonds is 3. The Kier molecular flexibility index (Phi) is 5.80. The van der Waals surface area contributed by atoms with Gasteiger partial charge in [-0.25, -0.2) is 14.2 Å². The Bertz CT molecular complexity index is 1220. The number of carbonyl (C=O) groups excluding carboxylic acids is 1. The quantitative estimate of drug-likeness (QED) is 0.581. The third-order valence-electron chi connectivity index (χ3n) is 5.08. The van der Waals surface area contributed by atoms with Gasteiger partial charge in [0.15, 0.2) is 0 Å². The molecule has 1 fully saturated rings. The maximum absolute atomic E-state index is 15.8. The molecule has 4 heterocycles. The molecule has 3 aromatic heterocycles. The van der Waals surface area contributed by atoms with Gasteiger partial charge in [0, 0.05) is 30.1 Å². The van der Waals surface area contributed by atoms with Crippen LogP contribution in [-0.2, 0) is 10.4 Å². The summed E-state index contributed by atoms with van der Waals surface area (Å²) in [6, 6.07) is 8.73. The van der Waals surface area contributed by atoms with Crippen molar-refractivity contribution in [3.63, 3.8) is 0 Å². The molecule has 0 saturated carbocycles. The van der Waals surface area contributed by atoms with Gasteiger partial charge in [0.05, 0.1) is 12.2 Å². The third-order valence-corrected chi connectivity index (χ3v) is 5.08. The number of amides is 1. The minimum atomic E-state index is -1.97. The fraction of sp³-hybridized carbons (Fsp3) is 0.391. The number of piperidine rings is 1. The Balaban J connectivity index is 1.56. The van der Waals surface area contributed by atoms with Gasteiger partial charge in [-0.1, -0.05) is 0 Å². The van der Waals surface area contributed by atoms with Crippen molar-refractivity contribution in [2.24, 2.45) is 0 Å². The van der Waals surface area contributed by atoms with Crippen LogP contribution in [0.2, 0.25) is 0 Å². The van der Waals surface area contributed by atoms with E-state index in [9.17, 15) is 4.79 Å². The Hall–Kier alpha value is -3.87. The lowest BCUT2D eigenvalue weighted by molar-refractivity contribution is -0.0144. The number of nitriles is 1. The minimum absolute atomic E-state index is 0.134. The average Bonchev–Trinajstić information content (AvgIpc) is 3.30. The molecule has 0 unspecified atom stereocenters. The zero-order valence-corrected chi connectivity index (χ0v) is 18.6. The standard InChI is InChI=1S/C23H23FN6O3/c1-22(2,3)33-21(31)30-10-4-7-23(24,14-30)20-29-28-19(32-20)16-6-9-27-18(12-16)15-5-8-26-17(11-15)13-25/h5-6,8-9,11-12H,4,7,10,14H2,1-3H3/t23-/m1/s1. The number of carbonyl (C=O) groups is 1. The third kappa shape index (κ3) is 4.98. The predicted molar refractivity (Wildman–Crippen MR) is 115 cm³/mol. The molecular formula is C23H23FN6O3. The summed E-state index contributed by atoms with van der Waals surface area (Å²) in [5.41, 5.74) is -0.542. The van der Waals surface area contributed by atoms with Gasteiger partial charge in [-0.3, -0.25) is 4.98 Å². The topological polar surface area (TPSA) is 118 Å². The van der Waals surface area contributed by atoms with Gasteiger partial charge in [0.1, 0.15) is 17.4 Å². The second-order valence-electron chi connectivity index (χ2n) is 8.85. The molecule has 0 spiro atoms. The molecule has 4 rings (SSSR count). The van der Waals surface area contributed by atoms with Gasteiger partial charge >= 0.3 is 6.09 Å². The molecule has 0 bridgehead atoms. The molecule has 1 saturated heterocycles. The first kappa shape index (κ1) is 22.3. The normalized spacial score (nSPS) is 18.6. The van der Waals surface area contributed by atoms with E-state index in [1.165, 1.54) is 11.1 Å². The molecule has 9 nitrogen and oxygen atoms in total. The monoisotopic (exact) mass is 450 g/mol. The van der Waals surface area contributed by atoms with Crippen molar-refractivity contribution >= 4 is 6.09 Å². The second-order valence-corrected chi connectivity index (χ2v) is 8.85. The average molecular weight is 450 g/mol. The molecule has 1 amide bonds. The summed E-state index contributed by atoms with van der Waals surface area (Å²) in [6.45, 7) is 5.46. The van der Waals surface area contributed by atoms with E-state index >= 15 is 4.39 Å².